The summed E-state index contributed by atoms with van der Waals surface area (Å²) in [5, 5.41) is 3.20. The highest BCUT2D eigenvalue weighted by molar-refractivity contribution is 5.95. The number of aromatic nitrogens is 1. The number of rotatable bonds is 5. The summed E-state index contributed by atoms with van der Waals surface area (Å²) in [7, 11) is 2.08. The fourth-order valence-corrected chi connectivity index (χ4v) is 4.38. The summed E-state index contributed by atoms with van der Waals surface area (Å²) in [5.41, 5.74) is 7.00. The normalized spacial score (nSPS) is 15.0. The van der Waals surface area contributed by atoms with Gasteiger partial charge in [0.25, 0.3) is 5.91 Å². The van der Waals surface area contributed by atoms with E-state index in [0.29, 0.717) is 6.54 Å². The number of benzene rings is 2. The maximum Gasteiger partial charge on any atom is 0.251 e. The molecule has 29 heavy (non-hydrogen) atoms. The third kappa shape index (κ3) is 4.13. The van der Waals surface area contributed by atoms with E-state index >= 15 is 0 Å². The van der Waals surface area contributed by atoms with E-state index in [4.69, 9.17) is 0 Å². The van der Waals surface area contributed by atoms with Crippen LogP contribution in [0.25, 0.3) is 0 Å². The van der Waals surface area contributed by atoms with Gasteiger partial charge in [0.2, 0.25) is 0 Å². The van der Waals surface area contributed by atoms with E-state index in [1.165, 1.54) is 22.4 Å². The van der Waals surface area contributed by atoms with Gasteiger partial charge in [-0.15, -0.1) is 0 Å². The number of fused-ring (bicyclic) bond motifs is 1. The van der Waals surface area contributed by atoms with E-state index in [0.717, 1.165) is 30.6 Å². The van der Waals surface area contributed by atoms with Crippen molar-refractivity contribution in [2.24, 2.45) is 7.05 Å². The van der Waals surface area contributed by atoms with Crippen LogP contribution >= 0.6 is 0 Å². The molecule has 2 aromatic carbocycles. The lowest BCUT2D eigenvalue weighted by Gasteiger charge is -2.36. The minimum absolute atomic E-state index is 0.000816. The number of carbonyl (C=O) groups excluding carboxylic acids is 1. The van der Waals surface area contributed by atoms with Gasteiger partial charge in [-0.3, -0.25) is 9.69 Å². The van der Waals surface area contributed by atoms with Gasteiger partial charge in [0.15, 0.2) is 0 Å². The predicted octanol–water partition coefficient (Wildman–Crippen LogP) is 4.17. The van der Waals surface area contributed by atoms with E-state index in [-0.39, 0.29) is 11.9 Å². The van der Waals surface area contributed by atoms with Gasteiger partial charge >= 0.3 is 0 Å². The maximum atomic E-state index is 12.9. The van der Waals surface area contributed by atoms with E-state index in [2.05, 4.69) is 70.5 Å². The molecule has 1 atom stereocenters. The van der Waals surface area contributed by atoms with Gasteiger partial charge in [0.1, 0.15) is 0 Å². The predicted molar refractivity (Wildman–Crippen MR) is 117 cm³/mol. The molecule has 2 heterocycles. The lowest BCUT2D eigenvalue weighted by atomic mass is 9.97. The molecule has 0 saturated heterocycles. The van der Waals surface area contributed by atoms with Gasteiger partial charge in [0, 0.05) is 44.1 Å². The molecule has 0 bridgehead atoms. The highest BCUT2D eigenvalue weighted by Gasteiger charge is 2.27. The molecule has 1 amide bonds. The molecule has 1 unspecified atom stereocenters. The van der Waals surface area contributed by atoms with E-state index in [1.807, 2.05) is 26.0 Å². The summed E-state index contributed by atoms with van der Waals surface area (Å²) < 4.78 is 2.16. The van der Waals surface area contributed by atoms with Gasteiger partial charge in [-0.05, 0) is 55.2 Å². The second-order valence-electron chi connectivity index (χ2n) is 8.08. The van der Waals surface area contributed by atoms with Crippen LogP contribution in [0.4, 0.5) is 0 Å². The first-order valence-electron chi connectivity index (χ1n) is 10.3. The molecule has 1 aliphatic heterocycles. The number of hydrogen-bond acceptors (Lipinski definition) is 2. The Morgan fingerprint density at radius 2 is 1.86 bits per heavy atom. The first-order chi connectivity index (χ1) is 14.0. The van der Waals surface area contributed by atoms with Crippen molar-refractivity contribution >= 4 is 5.91 Å². The van der Waals surface area contributed by atoms with Crippen molar-refractivity contribution < 1.29 is 4.79 Å². The van der Waals surface area contributed by atoms with Crippen LogP contribution in [0.1, 0.15) is 44.3 Å². The number of hydrogen-bond donors (Lipinski definition) is 1. The highest BCUT2D eigenvalue weighted by Crippen LogP contribution is 2.28. The van der Waals surface area contributed by atoms with Crippen molar-refractivity contribution in [3.05, 3.63) is 94.3 Å². The van der Waals surface area contributed by atoms with Gasteiger partial charge in [-0.1, -0.05) is 42.0 Å². The van der Waals surface area contributed by atoms with Gasteiger partial charge in [-0.2, -0.15) is 0 Å². The van der Waals surface area contributed by atoms with Gasteiger partial charge < -0.3 is 9.88 Å². The smallest absolute Gasteiger partial charge is 0.251 e. The Morgan fingerprint density at radius 3 is 2.59 bits per heavy atom. The molecule has 4 heteroatoms. The molecule has 0 spiro atoms. The van der Waals surface area contributed by atoms with Crippen LogP contribution in [0.2, 0.25) is 0 Å². The zero-order chi connectivity index (χ0) is 20.4. The topological polar surface area (TPSA) is 37.3 Å². The highest BCUT2D eigenvalue weighted by atomic mass is 16.1. The molecule has 3 aromatic rings. The van der Waals surface area contributed by atoms with Gasteiger partial charge in [0.05, 0.1) is 6.04 Å². The number of aryl methyl sites for hydroxylation is 3. The van der Waals surface area contributed by atoms with Crippen LogP contribution in [0, 0.1) is 13.8 Å². The number of nitrogens with one attached hydrogen (secondary N) is 1. The molecule has 1 N–H and O–H groups in total. The molecule has 4 rings (SSSR count). The van der Waals surface area contributed by atoms with Crippen molar-refractivity contribution in [2.45, 2.75) is 32.9 Å². The second kappa shape index (κ2) is 8.26. The summed E-state index contributed by atoms with van der Waals surface area (Å²) in [6, 6.07) is 19.0. The lowest BCUT2D eigenvalue weighted by molar-refractivity contribution is 0.0925. The number of carbonyl (C=O) groups is 1. The minimum atomic E-state index is -0.000816. The van der Waals surface area contributed by atoms with Crippen LogP contribution in [-0.4, -0.2) is 28.5 Å². The van der Waals surface area contributed by atoms with Crippen molar-refractivity contribution in [2.75, 3.05) is 13.1 Å². The van der Waals surface area contributed by atoms with Crippen LogP contribution in [-0.2, 0) is 20.0 Å². The summed E-state index contributed by atoms with van der Waals surface area (Å²) in [6.07, 6.45) is 3.12. The molecule has 0 aliphatic carbocycles. The standard InChI is InChI=1S/C25H29N3O/c1-18-10-11-22(19(2)15-18)25(29)26-16-24(23-9-6-13-27(23)3)28-14-12-20-7-4-5-8-21(20)17-28/h4-11,13,15,24H,12,14,16-17H2,1-3H3,(H,26,29). The van der Waals surface area contributed by atoms with E-state index in [1.54, 1.807) is 0 Å². The Bertz CT molecular complexity index is 1020. The zero-order valence-corrected chi connectivity index (χ0v) is 17.5. The van der Waals surface area contributed by atoms with Crippen molar-refractivity contribution in [3.63, 3.8) is 0 Å². The summed E-state index contributed by atoms with van der Waals surface area (Å²) in [5.74, 6) is -0.000816. The molecule has 1 aromatic heterocycles. The molecule has 0 saturated carbocycles. The van der Waals surface area contributed by atoms with Crippen LogP contribution in [0.5, 0.6) is 0 Å². The molecular weight excluding hydrogens is 358 g/mol. The number of amides is 1. The average molecular weight is 388 g/mol. The second-order valence-corrected chi connectivity index (χ2v) is 8.08. The lowest BCUT2D eigenvalue weighted by Crippen LogP contribution is -2.41. The summed E-state index contributed by atoms with van der Waals surface area (Å²) >= 11 is 0. The fourth-order valence-electron chi connectivity index (χ4n) is 4.38. The van der Waals surface area contributed by atoms with E-state index < -0.39 is 0 Å². The fraction of sp³-hybridized carbons (Fsp3) is 0.320. The molecule has 1 aliphatic rings. The SMILES string of the molecule is Cc1ccc(C(=O)NCC(c2cccn2C)N2CCc3ccccc3C2)c(C)c1. The van der Waals surface area contributed by atoms with Crippen molar-refractivity contribution in [1.82, 2.24) is 14.8 Å². The zero-order valence-electron chi connectivity index (χ0n) is 17.5. The summed E-state index contributed by atoms with van der Waals surface area (Å²) in [4.78, 5) is 15.4. The third-order valence-electron chi connectivity index (χ3n) is 6.01. The Hall–Kier alpha value is -2.85. The Morgan fingerprint density at radius 1 is 1.07 bits per heavy atom. The largest absolute Gasteiger partial charge is 0.353 e. The first kappa shape index (κ1) is 19.5. The molecule has 4 nitrogen and oxygen atoms in total. The van der Waals surface area contributed by atoms with Gasteiger partial charge in [-0.25, -0.2) is 0 Å². The average Bonchev–Trinajstić information content (AvgIpc) is 3.13. The van der Waals surface area contributed by atoms with Crippen LogP contribution in [0.15, 0.2) is 60.8 Å². The van der Waals surface area contributed by atoms with Crippen molar-refractivity contribution in [1.29, 1.82) is 0 Å². The number of nitrogens with zero attached hydrogens (tertiary/aromatic N) is 2. The Kier molecular flexibility index (Phi) is 5.54. The molecule has 0 radical (unpaired) electrons. The molecule has 150 valence electrons. The van der Waals surface area contributed by atoms with Crippen molar-refractivity contribution in [3.8, 4) is 0 Å². The third-order valence-corrected chi connectivity index (χ3v) is 6.01. The van der Waals surface area contributed by atoms with Crippen LogP contribution < -0.4 is 5.32 Å². The first-order valence-corrected chi connectivity index (χ1v) is 10.3. The quantitative estimate of drug-likeness (QED) is 0.713. The Balaban J connectivity index is 1.54. The molecular formula is C25H29N3O. The summed E-state index contributed by atoms with van der Waals surface area (Å²) in [6.45, 7) is 6.54. The monoisotopic (exact) mass is 387 g/mol. The Labute approximate surface area is 173 Å². The molecule has 0 fully saturated rings. The minimum Gasteiger partial charge on any atom is -0.353 e. The maximum absolute atomic E-state index is 12.9. The van der Waals surface area contributed by atoms with E-state index in [9.17, 15) is 4.79 Å². The van der Waals surface area contributed by atoms with Crippen LogP contribution in [0.3, 0.4) is 0 Å².